The molecule has 2 aromatic carbocycles. The van der Waals surface area contributed by atoms with Crippen LogP contribution in [0.4, 0.5) is 4.79 Å². The molecular formula is C24H34N3O3+. The number of amides is 2. The highest BCUT2D eigenvalue weighted by Gasteiger charge is 2.26. The van der Waals surface area contributed by atoms with Crippen molar-refractivity contribution >= 4 is 12.0 Å². The maximum atomic E-state index is 12.9. The summed E-state index contributed by atoms with van der Waals surface area (Å²) in [6.45, 7) is 5.42. The molecule has 0 unspecified atom stereocenters. The van der Waals surface area contributed by atoms with E-state index in [0.717, 1.165) is 24.1 Å². The van der Waals surface area contributed by atoms with Gasteiger partial charge in [0, 0.05) is 12.1 Å². The van der Waals surface area contributed by atoms with Crippen LogP contribution in [-0.2, 0) is 29.2 Å². The van der Waals surface area contributed by atoms with Gasteiger partial charge in [0.05, 0.1) is 14.1 Å². The number of ether oxygens (including phenoxy) is 1. The average molecular weight is 413 g/mol. The van der Waals surface area contributed by atoms with Crippen LogP contribution in [0.5, 0.6) is 0 Å². The topological polar surface area (TPSA) is 71.9 Å². The molecule has 3 N–H and O–H groups in total. The molecule has 30 heavy (non-hydrogen) atoms. The van der Waals surface area contributed by atoms with Crippen LogP contribution in [0.25, 0.3) is 0 Å². The zero-order valence-electron chi connectivity index (χ0n) is 18.4. The fourth-order valence-corrected chi connectivity index (χ4v) is 3.17. The minimum Gasteiger partial charge on any atom is -0.445 e. The van der Waals surface area contributed by atoms with E-state index >= 15 is 0 Å². The predicted molar refractivity (Wildman–Crippen MR) is 118 cm³/mol. The second kappa shape index (κ2) is 12.0. The molecule has 2 amide bonds. The van der Waals surface area contributed by atoms with Gasteiger partial charge in [-0.05, 0) is 17.0 Å². The fraction of sp³-hybridized carbons (Fsp3) is 0.417. The summed E-state index contributed by atoms with van der Waals surface area (Å²) in [6, 6.07) is 16.9. The van der Waals surface area contributed by atoms with Gasteiger partial charge >= 0.3 is 6.09 Å². The minimum absolute atomic E-state index is 0.0178. The lowest BCUT2D eigenvalue weighted by molar-refractivity contribution is -0.872. The third-order valence-corrected chi connectivity index (χ3v) is 5.10. The average Bonchev–Trinajstić information content (AvgIpc) is 2.75. The normalized spacial score (nSPS) is 12.8. The van der Waals surface area contributed by atoms with Gasteiger partial charge in [0.25, 0.3) is 0 Å². The molecule has 0 spiro atoms. The highest BCUT2D eigenvalue weighted by Crippen LogP contribution is 2.11. The first-order valence-electron chi connectivity index (χ1n) is 10.5. The molecule has 0 aliphatic rings. The van der Waals surface area contributed by atoms with Crippen molar-refractivity contribution in [1.29, 1.82) is 0 Å². The van der Waals surface area contributed by atoms with Crippen LogP contribution in [0.15, 0.2) is 54.6 Å². The SMILES string of the molecule is CC[C@H](C)[C@H](NC(=O)OCc1ccccc1)C(=O)NCc1ccccc1C[NH+](C)C. The molecular weight excluding hydrogens is 378 g/mol. The summed E-state index contributed by atoms with van der Waals surface area (Å²) >= 11 is 0. The second-order valence-corrected chi connectivity index (χ2v) is 7.94. The van der Waals surface area contributed by atoms with Crippen molar-refractivity contribution in [3.05, 3.63) is 71.3 Å². The Morgan fingerprint density at radius 3 is 2.27 bits per heavy atom. The Labute approximate surface area is 179 Å². The molecule has 0 aliphatic heterocycles. The minimum atomic E-state index is -0.648. The van der Waals surface area contributed by atoms with E-state index in [0.29, 0.717) is 6.54 Å². The zero-order valence-corrected chi connectivity index (χ0v) is 18.4. The van der Waals surface area contributed by atoms with Crippen molar-refractivity contribution in [2.45, 2.75) is 46.0 Å². The number of hydrogen-bond donors (Lipinski definition) is 3. The first-order chi connectivity index (χ1) is 14.4. The van der Waals surface area contributed by atoms with Gasteiger partial charge < -0.3 is 20.3 Å². The number of hydrogen-bond acceptors (Lipinski definition) is 3. The van der Waals surface area contributed by atoms with E-state index in [2.05, 4.69) is 30.8 Å². The number of nitrogens with one attached hydrogen (secondary N) is 3. The molecule has 0 bridgehead atoms. The number of alkyl carbamates (subject to hydrolysis) is 1. The molecule has 2 rings (SSSR count). The summed E-state index contributed by atoms with van der Waals surface area (Å²) in [5, 5.41) is 5.73. The van der Waals surface area contributed by atoms with Gasteiger partial charge in [-0.25, -0.2) is 4.79 Å². The maximum Gasteiger partial charge on any atom is 0.408 e. The van der Waals surface area contributed by atoms with Crippen molar-refractivity contribution in [3.8, 4) is 0 Å². The van der Waals surface area contributed by atoms with Crippen molar-refractivity contribution in [2.24, 2.45) is 5.92 Å². The Hall–Kier alpha value is -2.86. The molecule has 0 saturated carbocycles. The first kappa shape index (κ1) is 23.4. The third kappa shape index (κ3) is 7.52. The van der Waals surface area contributed by atoms with Gasteiger partial charge in [0.1, 0.15) is 19.2 Å². The first-order valence-corrected chi connectivity index (χ1v) is 10.5. The monoisotopic (exact) mass is 412 g/mol. The quantitative estimate of drug-likeness (QED) is 0.561. The van der Waals surface area contributed by atoms with E-state index in [4.69, 9.17) is 4.74 Å². The summed E-state index contributed by atoms with van der Waals surface area (Å²) in [5.41, 5.74) is 3.19. The van der Waals surface area contributed by atoms with E-state index in [1.54, 1.807) is 0 Å². The highest BCUT2D eigenvalue weighted by molar-refractivity contribution is 5.85. The Bertz CT molecular complexity index is 808. The van der Waals surface area contributed by atoms with Crippen molar-refractivity contribution in [1.82, 2.24) is 10.6 Å². The van der Waals surface area contributed by atoms with Crippen LogP contribution in [0.2, 0.25) is 0 Å². The Morgan fingerprint density at radius 1 is 1.00 bits per heavy atom. The fourth-order valence-electron chi connectivity index (χ4n) is 3.17. The lowest BCUT2D eigenvalue weighted by atomic mass is 9.98. The second-order valence-electron chi connectivity index (χ2n) is 7.94. The molecule has 0 aliphatic carbocycles. The molecule has 0 fully saturated rings. The van der Waals surface area contributed by atoms with Crippen molar-refractivity contribution in [3.63, 3.8) is 0 Å². The molecule has 2 atom stereocenters. The van der Waals surface area contributed by atoms with Crippen molar-refractivity contribution < 1.29 is 19.2 Å². The Balaban J connectivity index is 1.96. The Morgan fingerprint density at radius 2 is 1.63 bits per heavy atom. The summed E-state index contributed by atoms with van der Waals surface area (Å²) in [5.74, 6) is -0.219. The summed E-state index contributed by atoms with van der Waals surface area (Å²) in [4.78, 5) is 26.5. The third-order valence-electron chi connectivity index (χ3n) is 5.10. The molecule has 6 heteroatoms. The Kier molecular flexibility index (Phi) is 9.35. The lowest BCUT2D eigenvalue weighted by Gasteiger charge is -2.23. The summed E-state index contributed by atoms with van der Waals surface area (Å²) < 4.78 is 5.30. The zero-order chi connectivity index (χ0) is 21.9. The molecule has 2 aromatic rings. The summed E-state index contributed by atoms with van der Waals surface area (Å²) in [6.07, 6.45) is 0.174. The number of carbonyl (C=O) groups is 2. The molecule has 0 aromatic heterocycles. The molecule has 6 nitrogen and oxygen atoms in total. The maximum absolute atomic E-state index is 12.9. The number of rotatable bonds is 10. The van der Waals surface area contributed by atoms with Crippen LogP contribution in [0.3, 0.4) is 0 Å². The molecule has 0 heterocycles. The predicted octanol–water partition coefficient (Wildman–Crippen LogP) is 2.29. The van der Waals surface area contributed by atoms with Crippen molar-refractivity contribution in [2.75, 3.05) is 14.1 Å². The molecule has 0 radical (unpaired) electrons. The largest absolute Gasteiger partial charge is 0.445 e. The van der Waals surface area contributed by atoms with E-state index in [-0.39, 0.29) is 18.4 Å². The number of benzene rings is 2. The van der Waals surface area contributed by atoms with Crippen LogP contribution in [-0.4, -0.2) is 32.1 Å². The molecule has 162 valence electrons. The highest BCUT2D eigenvalue weighted by atomic mass is 16.5. The number of carbonyl (C=O) groups excluding carboxylic acids is 2. The smallest absolute Gasteiger partial charge is 0.408 e. The number of quaternary nitrogens is 1. The van der Waals surface area contributed by atoms with Gasteiger partial charge in [-0.1, -0.05) is 74.9 Å². The lowest BCUT2D eigenvalue weighted by Crippen LogP contribution is -3.04. The molecule has 0 saturated heterocycles. The van der Waals surface area contributed by atoms with Crippen LogP contribution < -0.4 is 15.5 Å². The van der Waals surface area contributed by atoms with Gasteiger partial charge in [-0.3, -0.25) is 4.79 Å². The standard InChI is InChI=1S/C24H33N3O3/c1-5-18(2)22(26-24(29)30-17-19-11-7-6-8-12-19)23(28)25-15-20-13-9-10-14-21(20)16-27(3)4/h6-14,18,22H,5,15-17H2,1-4H3,(H,25,28)(H,26,29)/p+1/t18-,22-/m0/s1. The van der Waals surface area contributed by atoms with Crippen LogP contribution in [0.1, 0.15) is 37.0 Å². The van der Waals surface area contributed by atoms with E-state index in [9.17, 15) is 9.59 Å². The van der Waals surface area contributed by atoms with Crippen LogP contribution in [0, 0.1) is 5.92 Å². The van der Waals surface area contributed by atoms with Gasteiger partial charge in [0.2, 0.25) is 5.91 Å². The van der Waals surface area contributed by atoms with E-state index in [1.807, 2.05) is 62.4 Å². The van der Waals surface area contributed by atoms with Gasteiger partial charge in [-0.2, -0.15) is 0 Å². The van der Waals surface area contributed by atoms with E-state index < -0.39 is 12.1 Å². The van der Waals surface area contributed by atoms with Crippen LogP contribution >= 0.6 is 0 Å². The van der Waals surface area contributed by atoms with Gasteiger partial charge in [-0.15, -0.1) is 0 Å². The van der Waals surface area contributed by atoms with Gasteiger partial charge in [0.15, 0.2) is 0 Å². The summed E-state index contributed by atoms with van der Waals surface area (Å²) in [7, 11) is 4.19. The van der Waals surface area contributed by atoms with E-state index in [1.165, 1.54) is 10.5 Å².